The van der Waals surface area contributed by atoms with Gasteiger partial charge in [-0.05, 0) is 69.8 Å². The molecule has 0 unspecified atom stereocenters. The molecule has 6 aliphatic rings. The molecule has 1 spiro atoms. The predicted molar refractivity (Wildman–Crippen MR) is 155 cm³/mol. The Morgan fingerprint density at radius 3 is 2.02 bits per heavy atom. The first-order chi connectivity index (χ1) is 21.5. The van der Waals surface area contributed by atoms with E-state index in [0.29, 0.717) is 57.8 Å². The zero-order valence-corrected chi connectivity index (χ0v) is 26.4. The van der Waals surface area contributed by atoms with E-state index in [-0.39, 0.29) is 5.92 Å². The zero-order chi connectivity index (χ0) is 33.6. The van der Waals surface area contributed by atoms with Crippen molar-refractivity contribution in [1.29, 1.82) is 0 Å². The summed E-state index contributed by atoms with van der Waals surface area (Å²) >= 11 is 0. The largest absolute Gasteiger partial charge is 0.432 e. The summed E-state index contributed by atoms with van der Waals surface area (Å²) < 4.78 is 23.2. The van der Waals surface area contributed by atoms with Gasteiger partial charge in [0.15, 0.2) is 6.29 Å². The van der Waals surface area contributed by atoms with Crippen molar-refractivity contribution in [3.8, 4) is 0 Å². The summed E-state index contributed by atoms with van der Waals surface area (Å²) in [5.74, 6) is -0.978. The first kappa shape index (κ1) is 34.6. The minimum Gasteiger partial charge on any atom is -0.432 e. The molecule has 262 valence electrons. The van der Waals surface area contributed by atoms with Crippen molar-refractivity contribution in [3.05, 3.63) is 12.2 Å². The molecule has 0 amide bonds. The number of aliphatic hydroxyl groups is 9. The summed E-state index contributed by atoms with van der Waals surface area (Å²) in [7, 11) is 0. The van der Waals surface area contributed by atoms with Crippen molar-refractivity contribution >= 4 is 5.97 Å². The second-order valence-corrected chi connectivity index (χ2v) is 15.3. The Bertz CT molecular complexity index is 1200. The monoisotopic (exact) mass is 658 g/mol. The molecule has 14 heteroatoms. The Morgan fingerprint density at radius 1 is 0.826 bits per heavy atom. The van der Waals surface area contributed by atoms with Gasteiger partial charge in [-0.25, -0.2) is 0 Å². The van der Waals surface area contributed by atoms with Crippen LogP contribution < -0.4 is 0 Å². The van der Waals surface area contributed by atoms with Gasteiger partial charge in [0.2, 0.25) is 6.29 Å². The third kappa shape index (κ3) is 4.71. The molecule has 4 saturated carbocycles. The fourth-order valence-corrected chi connectivity index (χ4v) is 10.4. The highest BCUT2D eigenvalue weighted by Gasteiger charge is 2.75. The first-order valence-corrected chi connectivity index (χ1v) is 16.4. The Morgan fingerprint density at radius 2 is 1.41 bits per heavy atom. The first-order valence-electron chi connectivity index (χ1n) is 16.4. The van der Waals surface area contributed by atoms with E-state index in [9.17, 15) is 50.8 Å². The summed E-state index contributed by atoms with van der Waals surface area (Å²) in [6.07, 6.45) is -10.7. The molecule has 16 atom stereocenters. The van der Waals surface area contributed by atoms with Gasteiger partial charge >= 0.3 is 5.97 Å². The lowest BCUT2D eigenvalue weighted by molar-refractivity contribution is -0.336. The Balaban J connectivity index is 1.24. The number of hydrogen-bond acceptors (Lipinski definition) is 14. The Kier molecular flexibility index (Phi) is 8.77. The molecule has 46 heavy (non-hydrogen) atoms. The second kappa shape index (κ2) is 11.7. The highest BCUT2D eigenvalue weighted by atomic mass is 16.7. The lowest BCUT2D eigenvalue weighted by atomic mass is 9.38. The average molecular weight is 659 g/mol. The molecule has 14 nitrogen and oxygen atoms in total. The average Bonchev–Trinajstić information content (AvgIpc) is 3.26. The standard InChI is InChI=1S/C32H50O14/c1-15-11-30-8-5-18-28(2,27(41)45-25-23(39)21(37)19(35)16(12-33)43-25)6-4-7-29(18,3)32(30,42)10-9-31(15,14-30)46-26-24(40)22(38)20(36)17(13-34)44-26/h16-26,33-40,42H,1,4-14H2,2-3H3/t16-,17-,18-,19-,20-,21+,22+,23-,24-,25+,26+,28+,29-,30-,31+,32-/m1/s1. The van der Waals surface area contributed by atoms with E-state index in [2.05, 4.69) is 6.58 Å². The molecule has 0 radical (unpaired) electrons. The van der Waals surface area contributed by atoms with Gasteiger partial charge in [-0.1, -0.05) is 19.9 Å². The summed E-state index contributed by atoms with van der Waals surface area (Å²) in [6, 6.07) is 0. The van der Waals surface area contributed by atoms with Crippen molar-refractivity contribution in [3.63, 3.8) is 0 Å². The van der Waals surface area contributed by atoms with Crippen LogP contribution in [0.3, 0.4) is 0 Å². The molecular formula is C32H50O14. The number of fused-ring (bicyclic) bond motifs is 3. The van der Waals surface area contributed by atoms with Gasteiger partial charge in [0, 0.05) is 10.8 Å². The van der Waals surface area contributed by atoms with Crippen LogP contribution in [0.4, 0.5) is 0 Å². The van der Waals surface area contributed by atoms with Gasteiger partial charge in [0.05, 0.1) is 29.8 Å². The molecule has 0 aromatic carbocycles. The fraction of sp³-hybridized carbons (Fsp3) is 0.906. The predicted octanol–water partition coefficient (Wildman–Crippen LogP) is -1.65. The van der Waals surface area contributed by atoms with Gasteiger partial charge in [-0.15, -0.1) is 0 Å². The molecule has 6 rings (SSSR count). The van der Waals surface area contributed by atoms with Crippen molar-refractivity contribution in [2.45, 2.75) is 144 Å². The Hall–Kier alpha value is -1.27. The van der Waals surface area contributed by atoms with Crippen molar-refractivity contribution in [1.82, 2.24) is 0 Å². The number of hydrogen-bond donors (Lipinski definition) is 9. The summed E-state index contributed by atoms with van der Waals surface area (Å²) in [5.41, 5.74) is -3.99. The highest BCUT2D eigenvalue weighted by molar-refractivity contribution is 5.77. The van der Waals surface area contributed by atoms with Gasteiger partial charge in [-0.3, -0.25) is 4.79 Å². The lowest BCUT2D eigenvalue weighted by Gasteiger charge is -2.68. The van der Waals surface area contributed by atoms with Gasteiger partial charge in [0.25, 0.3) is 0 Å². The second-order valence-electron chi connectivity index (χ2n) is 15.3. The van der Waals surface area contributed by atoms with Crippen LogP contribution in [0.15, 0.2) is 12.2 Å². The molecule has 2 aliphatic heterocycles. The summed E-state index contributed by atoms with van der Waals surface area (Å²) in [6.45, 7) is 6.91. The molecule has 2 heterocycles. The highest BCUT2D eigenvalue weighted by Crippen LogP contribution is 2.75. The van der Waals surface area contributed by atoms with E-state index in [1.807, 2.05) is 6.92 Å². The zero-order valence-electron chi connectivity index (χ0n) is 26.4. The van der Waals surface area contributed by atoms with Crippen molar-refractivity contribution in [2.75, 3.05) is 13.2 Å². The topological polar surface area (TPSA) is 236 Å². The third-order valence-corrected chi connectivity index (χ3v) is 13.1. The van der Waals surface area contributed by atoms with E-state index in [1.165, 1.54) is 0 Å². The molecule has 2 saturated heterocycles. The molecule has 2 bridgehead atoms. The van der Waals surface area contributed by atoms with Crippen LogP contribution >= 0.6 is 0 Å². The quantitative estimate of drug-likeness (QED) is 0.0884. The van der Waals surface area contributed by atoms with Crippen LogP contribution in [0.2, 0.25) is 0 Å². The van der Waals surface area contributed by atoms with Crippen LogP contribution in [0.1, 0.15) is 71.6 Å². The van der Waals surface area contributed by atoms with Crippen molar-refractivity contribution < 1.29 is 69.7 Å². The van der Waals surface area contributed by atoms with Crippen LogP contribution in [0.5, 0.6) is 0 Å². The summed E-state index contributed by atoms with van der Waals surface area (Å²) in [4.78, 5) is 14.0. The van der Waals surface area contributed by atoms with E-state index >= 15 is 0 Å². The minimum absolute atomic E-state index is 0.300. The van der Waals surface area contributed by atoms with E-state index in [1.54, 1.807) is 6.92 Å². The number of rotatable bonds is 6. The van der Waals surface area contributed by atoms with E-state index in [0.717, 1.165) is 5.57 Å². The smallest absolute Gasteiger partial charge is 0.314 e. The molecule has 4 aliphatic carbocycles. The van der Waals surface area contributed by atoms with Crippen LogP contribution in [-0.4, -0.2) is 138 Å². The van der Waals surface area contributed by atoms with Gasteiger partial charge < -0.3 is 64.9 Å². The van der Waals surface area contributed by atoms with E-state index < -0.39 is 108 Å². The fourth-order valence-electron chi connectivity index (χ4n) is 10.4. The summed E-state index contributed by atoms with van der Waals surface area (Å²) in [5, 5.41) is 94.3. The van der Waals surface area contributed by atoms with Gasteiger partial charge in [-0.2, -0.15) is 0 Å². The minimum atomic E-state index is -1.72. The van der Waals surface area contributed by atoms with Crippen LogP contribution in [0.25, 0.3) is 0 Å². The van der Waals surface area contributed by atoms with Crippen molar-refractivity contribution in [2.24, 2.45) is 22.2 Å². The normalized spacial score (nSPS) is 55.4. The van der Waals surface area contributed by atoms with Gasteiger partial charge in [0.1, 0.15) is 48.8 Å². The van der Waals surface area contributed by atoms with Crippen LogP contribution in [-0.2, 0) is 23.7 Å². The SMILES string of the molecule is C=C1C[C@@]23CC[C@@H]4[C@@](C)(C(=O)O[C@@H]5O[C@H](CO)[C@@H](O)[C@H](O)[C@H]5O)CCC[C@@]4(C)[C@]2(O)CC[C@]1(O[C@@H]1O[C@H](CO)[C@@H](O)[C@H](O)[C@H]1O)C3. The third-order valence-electron chi connectivity index (χ3n) is 13.1. The lowest BCUT2D eigenvalue weighted by Crippen LogP contribution is -2.70. The number of ether oxygens (including phenoxy) is 4. The molecule has 0 aromatic heterocycles. The maximum atomic E-state index is 14.0. The maximum Gasteiger partial charge on any atom is 0.314 e. The molecular weight excluding hydrogens is 608 g/mol. The number of carbonyl (C=O) groups is 1. The van der Waals surface area contributed by atoms with Crippen LogP contribution in [0, 0.1) is 22.2 Å². The maximum absolute atomic E-state index is 14.0. The number of esters is 1. The molecule has 9 N–H and O–H groups in total. The number of carbonyl (C=O) groups excluding carboxylic acids is 1. The molecule has 0 aromatic rings. The Labute approximate surface area is 267 Å². The molecule has 6 fully saturated rings. The van der Waals surface area contributed by atoms with E-state index in [4.69, 9.17) is 18.9 Å². The number of aliphatic hydroxyl groups excluding tert-OH is 8.